The molecular weight excluding hydrogens is 402 g/mol. The Bertz CT molecular complexity index is 1200. The number of benzene rings is 2. The van der Waals surface area contributed by atoms with E-state index in [0.717, 1.165) is 36.2 Å². The molecule has 1 N–H and O–H groups in total. The first-order valence-electron chi connectivity index (χ1n) is 11.0. The van der Waals surface area contributed by atoms with Crippen LogP contribution in [0.3, 0.4) is 0 Å². The summed E-state index contributed by atoms with van der Waals surface area (Å²) in [5.41, 5.74) is 5.06. The SMILES string of the molecule is O=C1CN(C(=O)c2ccc3c(c2)N(c2ncc(-c4ccccc4)cn2)CC32CC2)CCN1. The maximum Gasteiger partial charge on any atom is 0.254 e. The molecule has 3 aromatic rings. The van der Waals surface area contributed by atoms with E-state index in [4.69, 9.17) is 0 Å². The molecule has 2 aromatic carbocycles. The second-order valence-electron chi connectivity index (χ2n) is 8.81. The minimum absolute atomic E-state index is 0.105. The molecule has 160 valence electrons. The molecule has 1 saturated carbocycles. The molecule has 0 radical (unpaired) electrons. The topological polar surface area (TPSA) is 78.4 Å². The number of nitrogens with zero attached hydrogens (tertiary/aromatic N) is 4. The Kier molecular flexibility index (Phi) is 4.24. The van der Waals surface area contributed by atoms with Gasteiger partial charge in [-0.3, -0.25) is 9.59 Å². The Labute approximate surface area is 186 Å². The van der Waals surface area contributed by atoms with E-state index in [1.54, 1.807) is 4.90 Å². The molecule has 2 fully saturated rings. The van der Waals surface area contributed by atoms with Crippen LogP contribution in [-0.2, 0) is 10.2 Å². The first-order chi connectivity index (χ1) is 15.6. The summed E-state index contributed by atoms with van der Waals surface area (Å²) in [6.45, 7) is 1.95. The van der Waals surface area contributed by atoms with Crippen molar-refractivity contribution in [2.24, 2.45) is 0 Å². The number of aromatic nitrogens is 2. The normalized spacial score (nSPS) is 18.4. The van der Waals surface area contributed by atoms with Gasteiger partial charge in [-0.25, -0.2) is 9.97 Å². The lowest BCUT2D eigenvalue weighted by molar-refractivity contribution is -0.123. The number of piperazine rings is 1. The van der Waals surface area contributed by atoms with Crippen molar-refractivity contribution in [2.45, 2.75) is 18.3 Å². The standard InChI is InChI=1S/C25H23N5O2/c31-22-15-29(11-10-26-22)23(32)18-6-7-20-21(12-18)30(16-25(20)8-9-25)24-27-13-19(14-28-24)17-4-2-1-3-5-17/h1-7,12-14H,8-11,15-16H2,(H,26,31). The Morgan fingerprint density at radius 3 is 2.50 bits per heavy atom. The third-order valence-electron chi connectivity index (χ3n) is 6.73. The van der Waals surface area contributed by atoms with Crippen LogP contribution in [0.25, 0.3) is 11.1 Å². The van der Waals surface area contributed by atoms with Gasteiger partial charge in [-0.05, 0) is 36.1 Å². The summed E-state index contributed by atoms with van der Waals surface area (Å²) in [5.74, 6) is 0.424. The summed E-state index contributed by atoms with van der Waals surface area (Å²) in [7, 11) is 0. The van der Waals surface area contributed by atoms with Crippen LogP contribution >= 0.6 is 0 Å². The first kappa shape index (κ1) is 19.0. The molecular formula is C25H23N5O2. The smallest absolute Gasteiger partial charge is 0.254 e. The summed E-state index contributed by atoms with van der Waals surface area (Å²) >= 11 is 0. The maximum absolute atomic E-state index is 13.1. The number of carbonyl (C=O) groups is 2. The van der Waals surface area contributed by atoms with Crippen LogP contribution in [-0.4, -0.2) is 52.9 Å². The molecule has 2 aliphatic heterocycles. The highest BCUT2D eigenvalue weighted by atomic mass is 16.2. The van der Waals surface area contributed by atoms with E-state index in [1.165, 1.54) is 5.56 Å². The second-order valence-corrected chi connectivity index (χ2v) is 8.81. The van der Waals surface area contributed by atoms with Gasteiger partial charge in [-0.1, -0.05) is 36.4 Å². The van der Waals surface area contributed by atoms with Crippen molar-refractivity contribution < 1.29 is 9.59 Å². The van der Waals surface area contributed by atoms with Gasteiger partial charge in [0.1, 0.15) is 0 Å². The van der Waals surface area contributed by atoms with Gasteiger partial charge in [0.15, 0.2) is 0 Å². The maximum atomic E-state index is 13.1. The summed E-state index contributed by atoms with van der Waals surface area (Å²) in [5, 5.41) is 2.77. The highest BCUT2D eigenvalue weighted by molar-refractivity contribution is 5.98. The molecule has 6 rings (SSSR count). The van der Waals surface area contributed by atoms with Crippen LogP contribution in [0, 0.1) is 0 Å². The van der Waals surface area contributed by atoms with E-state index < -0.39 is 0 Å². The largest absolute Gasteiger partial charge is 0.353 e. The number of nitrogens with one attached hydrogen (secondary N) is 1. The average molecular weight is 425 g/mol. The van der Waals surface area contributed by atoms with Crippen molar-refractivity contribution in [3.8, 4) is 11.1 Å². The molecule has 3 heterocycles. The average Bonchev–Trinajstić information content (AvgIpc) is 3.55. The van der Waals surface area contributed by atoms with Crippen molar-refractivity contribution in [2.75, 3.05) is 31.1 Å². The van der Waals surface area contributed by atoms with Gasteiger partial charge in [0.25, 0.3) is 5.91 Å². The molecule has 32 heavy (non-hydrogen) atoms. The Morgan fingerprint density at radius 2 is 1.78 bits per heavy atom. The molecule has 0 unspecified atom stereocenters. The van der Waals surface area contributed by atoms with Gasteiger partial charge in [0.05, 0.1) is 6.54 Å². The third kappa shape index (κ3) is 3.12. The number of anilines is 2. The molecule has 0 bridgehead atoms. The van der Waals surface area contributed by atoms with Gasteiger partial charge in [0, 0.05) is 54.3 Å². The molecule has 7 heteroatoms. The summed E-state index contributed by atoms with van der Waals surface area (Å²) in [6.07, 6.45) is 5.99. The number of hydrogen-bond donors (Lipinski definition) is 1. The minimum atomic E-state index is -0.115. The van der Waals surface area contributed by atoms with Crippen molar-refractivity contribution >= 4 is 23.5 Å². The zero-order valence-electron chi connectivity index (χ0n) is 17.6. The van der Waals surface area contributed by atoms with E-state index in [0.29, 0.717) is 24.6 Å². The summed E-state index contributed by atoms with van der Waals surface area (Å²) in [4.78, 5) is 37.9. The van der Waals surface area contributed by atoms with Crippen molar-refractivity contribution in [1.82, 2.24) is 20.2 Å². The zero-order chi connectivity index (χ0) is 21.7. The molecule has 1 saturated heterocycles. The van der Waals surface area contributed by atoms with Crippen molar-refractivity contribution in [3.63, 3.8) is 0 Å². The van der Waals surface area contributed by atoms with E-state index in [-0.39, 0.29) is 23.8 Å². The van der Waals surface area contributed by atoms with Crippen LogP contribution in [0.5, 0.6) is 0 Å². The predicted octanol–water partition coefficient (Wildman–Crippen LogP) is 2.90. The quantitative estimate of drug-likeness (QED) is 0.698. The number of hydrogen-bond acceptors (Lipinski definition) is 5. The molecule has 1 spiro atoms. The summed E-state index contributed by atoms with van der Waals surface area (Å²) in [6, 6.07) is 16.0. The van der Waals surface area contributed by atoms with Crippen LogP contribution in [0.1, 0.15) is 28.8 Å². The van der Waals surface area contributed by atoms with Crippen LogP contribution < -0.4 is 10.2 Å². The van der Waals surface area contributed by atoms with Gasteiger partial charge in [-0.2, -0.15) is 0 Å². The van der Waals surface area contributed by atoms with E-state index >= 15 is 0 Å². The van der Waals surface area contributed by atoms with E-state index in [9.17, 15) is 9.59 Å². The monoisotopic (exact) mass is 425 g/mol. The van der Waals surface area contributed by atoms with Gasteiger partial charge >= 0.3 is 0 Å². The Hall–Kier alpha value is -3.74. The molecule has 3 aliphatic rings. The lowest BCUT2D eigenvalue weighted by Gasteiger charge is -2.27. The van der Waals surface area contributed by atoms with E-state index in [1.807, 2.05) is 54.9 Å². The fourth-order valence-electron chi connectivity index (χ4n) is 4.80. The number of fused-ring (bicyclic) bond motifs is 2. The Balaban J connectivity index is 1.32. The molecule has 2 amide bonds. The predicted molar refractivity (Wildman–Crippen MR) is 121 cm³/mol. The molecule has 7 nitrogen and oxygen atoms in total. The fourth-order valence-corrected chi connectivity index (χ4v) is 4.80. The van der Waals surface area contributed by atoms with Crippen LogP contribution in [0.15, 0.2) is 60.9 Å². The van der Waals surface area contributed by atoms with Gasteiger partial charge in [-0.15, -0.1) is 0 Å². The number of rotatable bonds is 3. The van der Waals surface area contributed by atoms with Gasteiger partial charge < -0.3 is 15.1 Å². The first-order valence-corrected chi connectivity index (χ1v) is 11.0. The lowest BCUT2D eigenvalue weighted by Crippen LogP contribution is -2.49. The fraction of sp³-hybridized carbons (Fsp3) is 0.280. The highest BCUT2D eigenvalue weighted by Gasteiger charge is 2.52. The molecule has 1 aromatic heterocycles. The molecule has 1 aliphatic carbocycles. The van der Waals surface area contributed by atoms with Crippen molar-refractivity contribution in [3.05, 3.63) is 72.1 Å². The number of amides is 2. The summed E-state index contributed by atoms with van der Waals surface area (Å²) < 4.78 is 0. The van der Waals surface area contributed by atoms with Gasteiger partial charge in [0.2, 0.25) is 11.9 Å². The minimum Gasteiger partial charge on any atom is -0.353 e. The third-order valence-corrected chi connectivity index (χ3v) is 6.73. The van der Waals surface area contributed by atoms with Crippen LogP contribution in [0.2, 0.25) is 0 Å². The Morgan fingerprint density at radius 1 is 1.00 bits per heavy atom. The molecule has 0 atom stereocenters. The second kappa shape index (κ2) is 7.15. The van der Waals surface area contributed by atoms with Crippen molar-refractivity contribution in [1.29, 1.82) is 0 Å². The lowest BCUT2D eigenvalue weighted by atomic mass is 9.97. The van der Waals surface area contributed by atoms with E-state index in [2.05, 4.69) is 26.3 Å². The zero-order valence-corrected chi connectivity index (χ0v) is 17.6. The highest BCUT2D eigenvalue weighted by Crippen LogP contribution is 2.57. The van der Waals surface area contributed by atoms with Crippen LogP contribution in [0.4, 0.5) is 11.6 Å². The number of carbonyl (C=O) groups excluding carboxylic acids is 2.